The molecule has 1 aliphatic rings. The van der Waals surface area contributed by atoms with Gasteiger partial charge in [0.1, 0.15) is 0 Å². The summed E-state index contributed by atoms with van der Waals surface area (Å²) < 4.78 is 12.0. The summed E-state index contributed by atoms with van der Waals surface area (Å²) in [4.78, 5) is 10.8. The third kappa shape index (κ3) is 2.74. The highest BCUT2D eigenvalue weighted by molar-refractivity contribution is 6.62. The molecule has 1 N–H and O–H groups in total. The quantitative estimate of drug-likeness (QED) is 0.857. The number of benzene rings is 1. The van der Waals surface area contributed by atoms with E-state index in [4.69, 9.17) is 14.4 Å². The molecule has 1 aliphatic heterocycles. The zero-order valence-corrected chi connectivity index (χ0v) is 12.7. The zero-order chi connectivity index (χ0) is 15.1. The highest BCUT2D eigenvalue weighted by Gasteiger charge is 2.52. The van der Waals surface area contributed by atoms with Gasteiger partial charge in [-0.05, 0) is 45.6 Å². The van der Waals surface area contributed by atoms with Gasteiger partial charge in [-0.15, -0.1) is 0 Å². The SMILES string of the molecule is Cc1ccc(CC(=O)O)cc1B1OC(C)(C)C(C)(C)O1. The minimum Gasteiger partial charge on any atom is -0.481 e. The number of aliphatic carboxylic acids is 1. The Balaban J connectivity index is 2.32. The molecule has 1 aromatic carbocycles. The molecule has 20 heavy (non-hydrogen) atoms. The second-order valence-corrected chi connectivity index (χ2v) is 6.35. The lowest BCUT2D eigenvalue weighted by Gasteiger charge is -2.32. The van der Waals surface area contributed by atoms with E-state index in [0.29, 0.717) is 0 Å². The number of hydrogen-bond donors (Lipinski definition) is 1. The van der Waals surface area contributed by atoms with Crippen LogP contribution in [0.15, 0.2) is 18.2 Å². The first-order valence-corrected chi connectivity index (χ1v) is 6.79. The summed E-state index contributed by atoms with van der Waals surface area (Å²) in [6.45, 7) is 9.99. The Morgan fingerprint density at radius 1 is 1.20 bits per heavy atom. The summed E-state index contributed by atoms with van der Waals surface area (Å²) in [7, 11) is -0.450. The third-order valence-electron chi connectivity index (χ3n) is 4.21. The number of hydrogen-bond acceptors (Lipinski definition) is 3. The lowest BCUT2D eigenvalue weighted by Crippen LogP contribution is -2.41. The summed E-state index contributed by atoms with van der Waals surface area (Å²) in [5, 5.41) is 8.90. The van der Waals surface area contributed by atoms with Crippen molar-refractivity contribution in [2.45, 2.75) is 52.2 Å². The maximum Gasteiger partial charge on any atom is 0.495 e. The summed E-state index contributed by atoms with van der Waals surface area (Å²) in [6.07, 6.45) is 0.00673. The van der Waals surface area contributed by atoms with Crippen LogP contribution >= 0.6 is 0 Å². The molecule has 1 aromatic rings. The van der Waals surface area contributed by atoms with Crippen LogP contribution in [-0.4, -0.2) is 29.4 Å². The van der Waals surface area contributed by atoms with Crippen molar-refractivity contribution in [1.29, 1.82) is 0 Å². The maximum absolute atomic E-state index is 10.8. The van der Waals surface area contributed by atoms with Gasteiger partial charge in [-0.1, -0.05) is 23.8 Å². The molecule has 0 saturated carbocycles. The average Bonchev–Trinajstić information content (AvgIpc) is 2.50. The maximum atomic E-state index is 10.8. The Kier molecular flexibility index (Phi) is 3.69. The summed E-state index contributed by atoms with van der Waals surface area (Å²) in [5.74, 6) is -0.839. The number of carboxylic acid groups (broad SMARTS) is 1. The Hall–Kier alpha value is -1.33. The second-order valence-electron chi connectivity index (χ2n) is 6.35. The molecular formula is C15H21BO4. The number of carbonyl (C=O) groups is 1. The fraction of sp³-hybridized carbons (Fsp3) is 0.533. The minimum atomic E-state index is -0.839. The number of rotatable bonds is 3. The fourth-order valence-electron chi connectivity index (χ4n) is 2.20. The zero-order valence-electron chi connectivity index (χ0n) is 12.7. The lowest BCUT2D eigenvalue weighted by molar-refractivity contribution is -0.136. The first-order valence-electron chi connectivity index (χ1n) is 6.79. The molecule has 0 amide bonds. The Morgan fingerprint density at radius 2 is 1.75 bits per heavy atom. The molecule has 0 atom stereocenters. The topological polar surface area (TPSA) is 55.8 Å². The third-order valence-corrected chi connectivity index (χ3v) is 4.21. The average molecular weight is 276 g/mol. The highest BCUT2D eigenvalue weighted by Crippen LogP contribution is 2.36. The van der Waals surface area contributed by atoms with Crippen LogP contribution < -0.4 is 5.46 Å². The first kappa shape index (κ1) is 15.1. The van der Waals surface area contributed by atoms with Gasteiger partial charge in [-0.25, -0.2) is 0 Å². The summed E-state index contributed by atoms with van der Waals surface area (Å²) >= 11 is 0. The monoisotopic (exact) mass is 276 g/mol. The predicted octanol–water partition coefficient (Wildman–Crippen LogP) is 1.92. The molecule has 0 bridgehead atoms. The van der Waals surface area contributed by atoms with E-state index >= 15 is 0 Å². The van der Waals surface area contributed by atoms with Gasteiger partial charge < -0.3 is 14.4 Å². The van der Waals surface area contributed by atoms with Crippen molar-refractivity contribution in [2.24, 2.45) is 0 Å². The van der Waals surface area contributed by atoms with Gasteiger partial charge in [0.05, 0.1) is 17.6 Å². The van der Waals surface area contributed by atoms with E-state index in [2.05, 4.69) is 0 Å². The Labute approximate surface area is 120 Å². The molecule has 0 unspecified atom stereocenters. The lowest BCUT2D eigenvalue weighted by atomic mass is 9.75. The van der Waals surface area contributed by atoms with Crippen molar-refractivity contribution < 1.29 is 19.2 Å². The fourth-order valence-corrected chi connectivity index (χ4v) is 2.20. The minimum absolute atomic E-state index is 0.00673. The van der Waals surface area contributed by atoms with Gasteiger partial charge in [0.2, 0.25) is 0 Å². The second kappa shape index (κ2) is 4.90. The van der Waals surface area contributed by atoms with E-state index < -0.39 is 24.3 Å². The van der Waals surface area contributed by atoms with Crippen LogP contribution in [0.3, 0.4) is 0 Å². The summed E-state index contributed by atoms with van der Waals surface area (Å²) in [5.41, 5.74) is 1.91. The van der Waals surface area contributed by atoms with Crippen LogP contribution in [0.5, 0.6) is 0 Å². The van der Waals surface area contributed by atoms with Crippen LogP contribution in [0.25, 0.3) is 0 Å². The molecule has 1 saturated heterocycles. The van der Waals surface area contributed by atoms with Crippen molar-refractivity contribution in [3.05, 3.63) is 29.3 Å². The molecule has 108 valence electrons. The van der Waals surface area contributed by atoms with E-state index in [1.54, 1.807) is 0 Å². The van der Waals surface area contributed by atoms with E-state index in [-0.39, 0.29) is 6.42 Å². The van der Waals surface area contributed by atoms with E-state index in [1.807, 2.05) is 52.8 Å². The van der Waals surface area contributed by atoms with Crippen molar-refractivity contribution in [3.63, 3.8) is 0 Å². The molecule has 1 fully saturated rings. The van der Waals surface area contributed by atoms with E-state index in [1.165, 1.54) is 0 Å². The van der Waals surface area contributed by atoms with Crippen molar-refractivity contribution in [2.75, 3.05) is 0 Å². The normalized spacial score (nSPS) is 20.1. The van der Waals surface area contributed by atoms with Gasteiger partial charge >= 0.3 is 13.1 Å². The van der Waals surface area contributed by atoms with Crippen LogP contribution in [0, 0.1) is 6.92 Å². The number of aryl methyl sites for hydroxylation is 1. The van der Waals surface area contributed by atoms with Crippen molar-refractivity contribution in [1.82, 2.24) is 0 Å². The largest absolute Gasteiger partial charge is 0.495 e. The molecule has 1 heterocycles. The molecule has 0 radical (unpaired) electrons. The van der Waals surface area contributed by atoms with E-state index in [0.717, 1.165) is 16.6 Å². The molecular weight excluding hydrogens is 255 g/mol. The number of carboxylic acids is 1. The van der Waals surface area contributed by atoms with Crippen molar-refractivity contribution >= 4 is 18.6 Å². The van der Waals surface area contributed by atoms with Crippen molar-refractivity contribution in [3.8, 4) is 0 Å². The van der Waals surface area contributed by atoms with Gasteiger partial charge in [-0.3, -0.25) is 4.79 Å². The Bertz CT molecular complexity index is 521. The molecule has 0 aliphatic carbocycles. The first-order chi connectivity index (χ1) is 9.12. The molecule has 4 nitrogen and oxygen atoms in total. The molecule has 0 spiro atoms. The smallest absolute Gasteiger partial charge is 0.481 e. The molecule has 2 rings (SSSR count). The van der Waals surface area contributed by atoms with Gasteiger partial charge in [0.25, 0.3) is 0 Å². The predicted molar refractivity (Wildman–Crippen MR) is 78.2 cm³/mol. The summed E-state index contributed by atoms with van der Waals surface area (Å²) in [6, 6.07) is 5.61. The molecule has 5 heteroatoms. The van der Waals surface area contributed by atoms with Crippen LogP contribution in [-0.2, 0) is 20.5 Å². The molecule has 0 aromatic heterocycles. The van der Waals surface area contributed by atoms with Crippen LogP contribution in [0.4, 0.5) is 0 Å². The van der Waals surface area contributed by atoms with Crippen LogP contribution in [0.1, 0.15) is 38.8 Å². The van der Waals surface area contributed by atoms with Gasteiger partial charge in [-0.2, -0.15) is 0 Å². The van der Waals surface area contributed by atoms with Crippen LogP contribution in [0.2, 0.25) is 0 Å². The van der Waals surface area contributed by atoms with E-state index in [9.17, 15) is 4.79 Å². The van der Waals surface area contributed by atoms with Gasteiger partial charge in [0, 0.05) is 0 Å². The van der Waals surface area contributed by atoms with Gasteiger partial charge in [0.15, 0.2) is 0 Å². The standard InChI is InChI=1S/C15H21BO4/c1-10-6-7-11(9-13(17)18)8-12(10)16-19-14(2,3)15(4,5)20-16/h6-8H,9H2,1-5H3,(H,17,18). The highest BCUT2D eigenvalue weighted by atomic mass is 16.7. The Morgan fingerprint density at radius 3 is 2.25 bits per heavy atom.